The van der Waals surface area contributed by atoms with Crippen LogP contribution in [0.4, 0.5) is 28.2 Å². The molecule has 5 fully saturated rings. The maximum atomic E-state index is 16.6. The summed E-state index contributed by atoms with van der Waals surface area (Å²) in [6, 6.07) is 1.03. The molecule has 0 spiro atoms. The quantitative estimate of drug-likeness (QED) is 0.289. The Balaban J connectivity index is 1.31. The van der Waals surface area contributed by atoms with Crippen LogP contribution < -0.4 is 9.64 Å². The van der Waals surface area contributed by atoms with Crippen LogP contribution in [0.3, 0.4) is 0 Å². The first-order chi connectivity index (χ1) is 22.6. The van der Waals surface area contributed by atoms with Crippen molar-refractivity contribution in [1.82, 2.24) is 24.8 Å². The van der Waals surface area contributed by atoms with Crippen LogP contribution in [-0.2, 0) is 10.9 Å². The summed E-state index contributed by atoms with van der Waals surface area (Å²) in [6.45, 7) is 8.37. The molecule has 8 rings (SSSR count). The number of aromatic nitrogens is 3. The molecule has 0 radical (unpaired) electrons. The summed E-state index contributed by atoms with van der Waals surface area (Å²) < 4.78 is 70.9. The summed E-state index contributed by atoms with van der Waals surface area (Å²) in [5.41, 5.74) is -3.82. The van der Waals surface area contributed by atoms with Crippen molar-refractivity contribution in [2.75, 3.05) is 37.7 Å². The van der Waals surface area contributed by atoms with Crippen molar-refractivity contribution in [1.29, 1.82) is 0 Å². The first-order valence-corrected chi connectivity index (χ1v) is 16.6. The van der Waals surface area contributed by atoms with Gasteiger partial charge < -0.3 is 24.4 Å². The molecule has 10 nitrogen and oxygen atoms in total. The molecule has 2 bridgehead atoms. The van der Waals surface area contributed by atoms with Gasteiger partial charge in [-0.25, -0.2) is 9.18 Å². The largest absolute Gasteiger partial charge is 0.508 e. The molecule has 2 aromatic heterocycles. The zero-order chi connectivity index (χ0) is 34.2. The Morgan fingerprint density at radius 2 is 1.79 bits per heavy atom. The van der Waals surface area contributed by atoms with Crippen LogP contribution >= 0.6 is 11.6 Å². The number of aromatic hydroxyl groups is 1. The highest BCUT2D eigenvalue weighted by molar-refractivity contribution is 6.32. The van der Waals surface area contributed by atoms with Crippen molar-refractivity contribution >= 4 is 34.4 Å². The third-order valence-electron chi connectivity index (χ3n) is 9.97. The lowest BCUT2D eigenvalue weighted by molar-refractivity contribution is -0.137. The number of nitrogens with zero attached hydrogens (tertiary/aromatic N) is 6. The molecule has 0 aliphatic carbocycles. The fraction of sp³-hybridized carbons (Fsp3) is 0.576. The number of fused-ring (bicyclic) bond motifs is 5. The van der Waals surface area contributed by atoms with Gasteiger partial charge in [0.25, 0.3) is 0 Å². The molecule has 1 aromatic carbocycles. The van der Waals surface area contributed by atoms with Crippen LogP contribution in [0.5, 0.6) is 11.8 Å². The minimum Gasteiger partial charge on any atom is -0.508 e. The van der Waals surface area contributed by atoms with Crippen LogP contribution in [0.25, 0.3) is 22.2 Å². The van der Waals surface area contributed by atoms with Crippen LogP contribution in [0.2, 0.25) is 5.02 Å². The third-order valence-corrected chi connectivity index (χ3v) is 10.3. The zero-order valence-electron chi connectivity index (χ0n) is 26.9. The number of carbonyl (C=O) groups is 1. The van der Waals surface area contributed by atoms with E-state index in [1.54, 1.807) is 4.90 Å². The number of benzene rings is 1. The number of pyridine rings is 1. The van der Waals surface area contributed by atoms with E-state index in [0.717, 1.165) is 63.7 Å². The van der Waals surface area contributed by atoms with Crippen LogP contribution in [-0.4, -0.2) is 92.0 Å². The maximum Gasteiger partial charge on any atom is 0.418 e. The monoisotopic (exact) mass is 692 g/mol. The van der Waals surface area contributed by atoms with Gasteiger partial charge in [-0.3, -0.25) is 9.88 Å². The molecule has 7 heterocycles. The number of phenolic OH excluding ortho intramolecular Hbond substituents is 1. The molecular weight excluding hydrogens is 656 g/mol. The minimum absolute atomic E-state index is 0.0999. The summed E-state index contributed by atoms with van der Waals surface area (Å²) in [4.78, 5) is 32.5. The number of ether oxygens (including phenoxy) is 2. The Labute approximate surface area is 280 Å². The van der Waals surface area contributed by atoms with Crippen LogP contribution in [0, 0.1) is 5.82 Å². The predicted octanol–water partition coefficient (Wildman–Crippen LogP) is 6.80. The Kier molecular flexibility index (Phi) is 8.05. The van der Waals surface area contributed by atoms with Crippen LogP contribution in [0.1, 0.15) is 64.9 Å². The number of hydrogen-bond donors (Lipinski definition) is 1. The van der Waals surface area contributed by atoms with E-state index in [-0.39, 0.29) is 41.1 Å². The SMILES string of the molecule is CC(C)(C)OC(=O)N1CC2CCC1CN2c1nc(OCC23CCCN2CCC3)nc2c(F)c(-c3cc(O)cc(Cl)c3C(F)(F)F)ncc12. The number of piperidine rings is 2. The average Bonchev–Trinajstić information content (AvgIpc) is 3.59. The number of halogens is 5. The van der Waals surface area contributed by atoms with Gasteiger partial charge in [0.1, 0.15) is 35.0 Å². The fourth-order valence-corrected chi connectivity index (χ4v) is 8.17. The number of phenols is 1. The molecule has 15 heteroatoms. The highest BCUT2D eigenvalue weighted by atomic mass is 35.5. The average molecular weight is 693 g/mol. The number of amides is 1. The summed E-state index contributed by atoms with van der Waals surface area (Å²) in [5, 5.41) is 9.54. The number of carbonyl (C=O) groups excluding carboxylic acids is 1. The smallest absolute Gasteiger partial charge is 0.418 e. The van der Waals surface area contributed by atoms with Crippen molar-refractivity contribution in [2.45, 2.75) is 88.7 Å². The predicted molar refractivity (Wildman–Crippen MR) is 170 cm³/mol. The second-order valence-corrected chi connectivity index (χ2v) is 14.6. The van der Waals surface area contributed by atoms with Gasteiger partial charge in [0.05, 0.1) is 27.6 Å². The topological polar surface area (TPSA) is 104 Å². The van der Waals surface area contributed by atoms with E-state index in [4.69, 9.17) is 26.1 Å². The Morgan fingerprint density at radius 3 is 2.44 bits per heavy atom. The van der Waals surface area contributed by atoms with Gasteiger partial charge in [0.15, 0.2) is 5.82 Å². The lowest BCUT2D eigenvalue weighted by Gasteiger charge is -2.51. The van der Waals surface area contributed by atoms with Gasteiger partial charge in [-0.15, -0.1) is 0 Å². The molecular formula is C33H37ClF4N6O4. The standard InChI is InChI=1S/C33H37ClF4N6O4/c1-31(2,3)48-30(46)44-16-18-6-7-19(44)15-43(18)28-22-14-39-26(21-12-20(45)13-23(34)24(21)33(36,37)38)25(35)27(22)40-29(41-28)47-17-32-8-4-10-42(32)11-5-9-32/h12-14,18-19,45H,4-11,15-17H2,1-3H3. The van der Waals surface area contributed by atoms with E-state index in [1.807, 2.05) is 25.7 Å². The van der Waals surface area contributed by atoms with Crippen molar-refractivity contribution in [2.24, 2.45) is 0 Å². The molecule has 1 amide bonds. The Morgan fingerprint density at radius 1 is 1.08 bits per heavy atom. The molecule has 2 atom stereocenters. The highest BCUT2D eigenvalue weighted by Crippen LogP contribution is 2.45. The van der Waals surface area contributed by atoms with Gasteiger partial charge in [-0.2, -0.15) is 23.1 Å². The van der Waals surface area contributed by atoms with Gasteiger partial charge in [-0.05, 0) is 84.5 Å². The normalized spacial score (nSPS) is 22.4. The number of hydrogen-bond acceptors (Lipinski definition) is 9. The number of anilines is 1. The van der Waals surface area contributed by atoms with E-state index < -0.39 is 51.3 Å². The van der Waals surface area contributed by atoms with Crippen molar-refractivity contribution in [3.63, 3.8) is 0 Å². The third kappa shape index (κ3) is 5.84. The first-order valence-electron chi connectivity index (χ1n) is 16.2. The molecule has 5 saturated heterocycles. The summed E-state index contributed by atoms with van der Waals surface area (Å²) in [6.07, 6.45) is 1.31. The molecule has 3 aromatic rings. The Hall–Kier alpha value is -3.65. The van der Waals surface area contributed by atoms with Gasteiger partial charge in [0.2, 0.25) is 0 Å². The summed E-state index contributed by atoms with van der Waals surface area (Å²) >= 11 is 5.92. The van der Waals surface area contributed by atoms with E-state index in [1.165, 1.54) is 6.20 Å². The van der Waals surface area contributed by atoms with E-state index in [2.05, 4.69) is 14.9 Å². The first kappa shape index (κ1) is 32.9. The van der Waals surface area contributed by atoms with E-state index >= 15 is 4.39 Å². The second-order valence-electron chi connectivity index (χ2n) is 14.2. The molecule has 48 heavy (non-hydrogen) atoms. The molecule has 1 N–H and O–H groups in total. The molecule has 5 aliphatic rings. The van der Waals surface area contributed by atoms with Crippen molar-refractivity contribution in [3.8, 4) is 23.0 Å². The van der Waals surface area contributed by atoms with E-state index in [0.29, 0.717) is 18.9 Å². The molecule has 2 unspecified atom stereocenters. The summed E-state index contributed by atoms with van der Waals surface area (Å²) in [5.74, 6) is -1.39. The summed E-state index contributed by atoms with van der Waals surface area (Å²) in [7, 11) is 0. The second kappa shape index (κ2) is 11.7. The zero-order valence-corrected chi connectivity index (χ0v) is 27.7. The number of piperazine rings is 1. The molecule has 258 valence electrons. The van der Waals surface area contributed by atoms with Crippen molar-refractivity contribution < 1.29 is 36.9 Å². The molecule has 5 aliphatic heterocycles. The van der Waals surface area contributed by atoms with Gasteiger partial charge in [-0.1, -0.05) is 11.6 Å². The van der Waals surface area contributed by atoms with Crippen LogP contribution in [0.15, 0.2) is 18.3 Å². The van der Waals surface area contributed by atoms with Gasteiger partial charge in [0, 0.05) is 30.9 Å². The maximum absolute atomic E-state index is 16.6. The van der Waals surface area contributed by atoms with E-state index in [9.17, 15) is 23.1 Å². The number of rotatable bonds is 5. The fourth-order valence-electron chi connectivity index (χ4n) is 7.85. The van der Waals surface area contributed by atoms with Crippen molar-refractivity contribution in [3.05, 3.63) is 34.7 Å². The lowest BCUT2D eigenvalue weighted by atomic mass is 9.91. The number of alkyl halides is 3. The van der Waals surface area contributed by atoms with Gasteiger partial charge >= 0.3 is 18.3 Å². The Bertz CT molecular complexity index is 1760. The highest BCUT2D eigenvalue weighted by Gasteiger charge is 2.46. The lowest BCUT2D eigenvalue weighted by Crippen LogP contribution is -2.64. The minimum atomic E-state index is -4.96. The molecule has 0 saturated carbocycles.